The molecule has 0 aliphatic carbocycles. The van der Waals surface area contributed by atoms with E-state index in [2.05, 4.69) is 4.74 Å². The van der Waals surface area contributed by atoms with Crippen molar-refractivity contribution in [2.24, 2.45) is 5.14 Å². The van der Waals surface area contributed by atoms with E-state index in [9.17, 15) is 13.5 Å². The Balaban J connectivity index is 3.46. The van der Waals surface area contributed by atoms with E-state index in [0.717, 1.165) is 12.1 Å². The van der Waals surface area contributed by atoms with Crippen LogP contribution in [0, 0.1) is 0 Å². The molecule has 7 heteroatoms. The third kappa shape index (κ3) is 1.88. The molecule has 4 N–H and O–H groups in total. The number of primary sulfonamides is 1. The third-order valence-corrected chi connectivity index (χ3v) is 2.47. The Labute approximate surface area is 80.6 Å². The average molecular weight is 219 g/mol. The summed E-state index contributed by atoms with van der Waals surface area (Å²) in [6, 6.07) is 1.86. The van der Waals surface area contributed by atoms with E-state index in [-0.39, 0.29) is 10.6 Å². The Morgan fingerprint density at radius 3 is 2.36 bits per heavy atom. The van der Waals surface area contributed by atoms with Gasteiger partial charge in [0, 0.05) is 12.1 Å². The van der Waals surface area contributed by atoms with Gasteiger partial charge in [-0.2, -0.15) is 0 Å². The van der Waals surface area contributed by atoms with Gasteiger partial charge in [0.2, 0.25) is 15.8 Å². The second-order valence-corrected chi connectivity index (χ2v) is 4.10. The number of sulfonamides is 1. The molecule has 1 rings (SSSR count). The molecule has 0 unspecified atom stereocenters. The molecule has 0 saturated heterocycles. The lowest BCUT2D eigenvalue weighted by molar-refractivity contribution is 0.349. The van der Waals surface area contributed by atoms with E-state index in [1.54, 1.807) is 0 Å². The van der Waals surface area contributed by atoms with Gasteiger partial charge in [-0.25, -0.2) is 13.6 Å². The molecule has 0 radical (unpaired) electrons. The van der Waals surface area contributed by atoms with Crippen molar-refractivity contribution in [3.05, 3.63) is 12.1 Å². The number of nitrogens with two attached hydrogens (primary N) is 1. The first-order valence-corrected chi connectivity index (χ1v) is 5.03. The quantitative estimate of drug-likeness (QED) is 0.594. The fourth-order valence-electron chi connectivity index (χ4n) is 0.888. The number of aromatic hydroxyl groups is 2. The molecule has 1 aromatic rings. The van der Waals surface area contributed by atoms with Gasteiger partial charge in [-0.3, -0.25) is 0 Å². The monoisotopic (exact) mass is 219 g/mol. The summed E-state index contributed by atoms with van der Waals surface area (Å²) < 4.78 is 26.4. The Kier molecular flexibility index (Phi) is 2.54. The van der Waals surface area contributed by atoms with Crippen molar-refractivity contribution in [2.45, 2.75) is 4.90 Å². The average Bonchev–Trinajstić information content (AvgIpc) is 2.07. The lowest BCUT2D eigenvalue weighted by Gasteiger charge is -2.06. The van der Waals surface area contributed by atoms with Gasteiger partial charge in [-0.15, -0.1) is 0 Å². The minimum Gasteiger partial charge on any atom is -0.504 e. The second kappa shape index (κ2) is 3.35. The summed E-state index contributed by atoms with van der Waals surface area (Å²) in [5, 5.41) is 23.1. The normalized spacial score (nSPS) is 11.3. The highest BCUT2D eigenvalue weighted by Crippen LogP contribution is 2.37. The molecule has 0 aliphatic rings. The molecule has 6 nitrogen and oxygen atoms in total. The van der Waals surface area contributed by atoms with Gasteiger partial charge >= 0.3 is 0 Å². The second-order valence-electron chi connectivity index (χ2n) is 2.54. The van der Waals surface area contributed by atoms with Gasteiger partial charge in [0.1, 0.15) is 0 Å². The molecule has 0 aromatic heterocycles. The van der Waals surface area contributed by atoms with Gasteiger partial charge in [-0.1, -0.05) is 0 Å². The van der Waals surface area contributed by atoms with E-state index in [0.29, 0.717) is 0 Å². The van der Waals surface area contributed by atoms with Crippen LogP contribution < -0.4 is 9.88 Å². The fourth-order valence-corrected chi connectivity index (χ4v) is 1.44. The zero-order valence-corrected chi connectivity index (χ0v) is 8.08. The van der Waals surface area contributed by atoms with Crippen molar-refractivity contribution in [2.75, 3.05) is 7.11 Å². The van der Waals surface area contributed by atoms with E-state index in [1.807, 2.05) is 0 Å². The molecule has 78 valence electrons. The molecule has 0 bridgehead atoms. The lowest BCUT2D eigenvalue weighted by Crippen LogP contribution is -2.12. The van der Waals surface area contributed by atoms with Gasteiger partial charge in [0.05, 0.1) is 12.0 Å². The van der Waals surface area contributed by atoms with Crippen LogP contribution in [0.2, 0.25) is 0 Å². The maximum absolute atomic E-state index is 10.9. The molecule has 0 amide bonds. The number of phenolic OH excluding ortho intramolecular Hbond substituents is 2. The number of ether oxygens (including phenoxy) is 1. The van der Waals surface area contributed by atoms with E-state index in [1.165, 1.54) is 7.11 Å². The number of hydrogen-bond acceptors (Lipinski definition) is 5. The van der Waals surface area contributed by atoms with Crippen molar-refractivity contribution < 1.29 is 23.4 Å². The predicted molar refractivity (Wildman–Crippen MR) is 47.7 cm³/mol. The molecular formula is C7H9NO5S. The Bertz CT molecular complexity index is 453. The van der Waals surface area contributed by atoms with Crippen LogP contribution in [0.1, 0.15) is 0 Å². The fraction of sp³-hybridized carbons (Fsp3) is 0.143. The molecule has 0 fully saturated rings. The molecule has 0 spiro atoms. The largest absolute Gasteiger partial charge is 0.504 e. The van der Waals surface area contributed by atoms with Crippen LogP contribution in [-0.4, -0.2) is 25.7 Å². The highest BCUT2D eigenvalue weighted by molar-refractivity contribution is 7.89. The molecule has 14 heavy (non-hydrogen) atoms. The zero-order chi connectivity index (χ0) is 10.9. The van der Waals surface area contributed by atoms with Crippen molar-refractivity contribution in [1.29, 1.82) is 0 Å². The topological polar surface area (TPSA) is 110 Å². The van der Waals surface area contributed by atoms with Crippen LogP contribution in [0.4, 0.5) is 0 Å². The van der Waals surface area contributed by atoms with Gasteiger partial charge in [0.25, 0.3) is 0 Å². The Morgan fingerprint density at radius 2 is 1.93 bits per heavy atom. The van der Waals surface area contributed by atoms with Crippen LogP contribution in [0.5, 0.6) is 17.2 Å². The van der Waals surface area contributed by atoms with E-state index in [4.69, 9.17) is 10.2 Å². The van der Waals surface area contributed by atoms with E-state index >= 15 is 0 Å². The minimum absolute atomic E-state index is 0.158. The van der Waals surface area contributed by atoms with Crippen molar-refractivity contribution in [1.82, 2.24) is 0 Å². The molecule has 0 heterocycles. The summed E-state index contributed by atoms with van der Waals surface area (Å²) in [7, 11) is -2.70. The van der Waals surface area contributed by atoms with Crippen LogP contribution in [0.25, 0.3) is 0 Å². The maximum atomic E-state index is 10.9. The SMILES string of the molecule is COc1cc(S(N)(=O)=O)cc(O)c1O. The summed E-state index contributed by atoms with van der Waals surface area (Å²) >= 11 is 0. The number of rotatable bonds is 2. The summed E-state index contributed by atoms with van der Waals surface area (Å²) in [4.78, 5) is -0.329. The summed E-state index contributed by atoms with van der Waals surface area (Å²) in [5.41, 5.74) is 0. The zero-order valence-electron chi connectivity index (χ0n) is 7.26. The van der Waals surface area contributed by atoms with Gasteiger partial charge in [0.15, 0.2) is 11.5 Å². The maximum Gasteiger partial charge on any atom is 0.238 e. The van der Waals surface area contributed by atoms with Crippen LogP contribution in [-0.2, 0) is 10.0 Å². The standard InChI is InChI=1S/C7H9NO5S/c1-13-6-3-4(14(8,11)12)2-5(9)7(6)10/h2-3,9-10H,1H3,(H2,8,11,12). The van der Waals surface area contributed by atoms with Crippen molar-refractivity contribution >= 4 is 10.0 Å². The summed E-state index contributed by atoms with van der Waals surface area (Å²) in [6.45, 7) is 0. The number of hydrogen-bond donors (Lipinski definition) is 3. The van der Waals surface area contributed by atoms with Crippen LogP contribution in [0.15, 0.2) is 17.0 Å². The predicted octanol–water partition coefficient (Wildman–Crippen LogP) is -0.246. The van der Waals surface area contributed by atoms with Crippen molar-refractivity contribution in [3.63, 3.8) is 0 Å². The van der Waals surface area contributed by atoms with Crippen LogP contribution >= 0.6 is 0 Å². The van der Waals surface area contributed by atoms with Crippen LogP contribution in [0.3, 0.4) is 0 Å². The Morgan fingerprint density at radius 1 is 1.36 bits per heavy atom. The van der Waals surface area contributed by atoms with Gasteiger partial charge < -0.3 is 14.9 Å². The molecular weight excluding hydrogens is 210 g/mol. The molecule has 1 aromatic carbocycles. The highest BCUT2D eigenvalue weighted by atomic mass is 32.2. The summed E-state index contributed by atoms with van der Waals surface area (Å²) in [6.07, 6.45) is 0. The van der Waals surface area contributed by atoms with E-state index < -0.39 is 21.5 Å². The number of phenols is 2. The number of benzene rings is 1. The third-order valence-electron chi connectivity index (χ3n) is 1.58. The molecule has 0 saturated carbocycles. The lowest BCUT2D eigenvalue weighted by atomic mass is 10.3. The van der Waals surface area contributed by atoms with Gasteiger partial charge in [-0.05, 0) is 0 Å². The van der Waals surface area contributed by atoms with Crippen molar-refractivity contribution in [3.8, 4) is 17.2 Å². The minimum atomic E-state index is -3.93. The summed E-state index contributed by atoms with van der Waals surface area (Å²) in [5.74, 6) is -1.29. The smallest absolute Gasteiger partial charge is 0.238 e. The highest BCUT2D eigenvalue weighted by Gasteiger charge is 2.15. The molecule has 0 aliphatic heterocycles. The number of methoxy groups -OCH3 is 1. The first kappa shape index (κ1) is 10.6. The first-order valence-electron chi connectivity index (χ1n) is 3.49. The Hall–Kier alpha value is -1.47. The molecule has 0 atom stereocenters. The first-order chi connectivity index (χ1) is 6.36.